The maximum absolute atomic E-state index is 13.1. The molecule has 0 unspecified atom stereocenters. The maximum Gasteiger partial charge on any atom is 0.338 e. The van der Waals surface area contributed by atoms with Crippen LogP contribution < -0.4 is 4.31 Å². The predicted octanol–water partition coefficient (Wildman–Crippen LogP) is 4.59. The van der Waals surface area contributed by atoms with Crippen molar-refractivity contribution in [3.05, 3.63) is 95.0 Å². The Morgan fingerprint density at radius 1 is 0.903 bits per heavy atom. The van der Waals surface area contributed by atoms with Crippen molar-refractivity contribution in [3.8, 4) is 0 Å². The van der Waals surface area contributed by atoms with E-state index in [-0.39, 0.29) is 17.0 Å². The number of benzene rings is 3. The van der Waals surface area contributed by atoms with E-state index in [1.54, 1.807) is 49.4 Å². The summed E-state index contributed by atoms with van der Waals surface area (Å²) in [5, 5.41) is 0.489. The molecular formula is C23H20ClNO5S. The zero-order valence-corrected chi connectivity index (χ0v) is 18.3. The first-order valence-corrected chi connectivity index (χ1v) is 11.3. The molecule has 3 rings (SSSR count). The fourth-order valence-corrected chi connectivity index (χ4v) is 4.58. The molecule has 0 heterocycles. The van der Waals surface area contributed by atoms with Gasteiger partial charge in [-0.15, -0.1) is 0 Å². The van der Waals surface area contributed by atoms with Gasteiger partial charge in [0.05, 0.1) is 16.1 Å². The molecule has 0 saturated carbocycles. The van der Waals surface area contributed by atoms with Crippen molar-refractivity contribution in [2.45, 2.75) is 11.8 Å². The second-order valence-electron chi connectivity index (χ2n) is 6.54. The van der Waals surface area contributed by atoms with Crippen LogP contribution in [0.3, 0.4) is 0 Å². The molecule has 3 aromatic carbocycles. The normalized spacial score (nSPS) is 11.0. The smallest absolute Gasteiger partial charge is 0.338 e. The molecule has 0 aliphatic rings. The van der Waals surface area contributed by atoms with Crippen molar-refractivity contribution in [2.24, 2.45) is 0 Å². The highest BCUT2D eigenvalue weighted by Crippen LogP contribution is 2.24. The van der Waals surface area contributed by atoms with E-state index in [9.17, 15) is 18.0 Å². The topological polar surface area (TPSA) is 80.8 Å². The van der Waals surface area contributed by atoms with E-state index < -0.39 is 28.4 Å². The summed E-state index contributed by atoms with van der Waals surface area (Å²) in [4.78, 5) is 24.6. The van der Waals surface area contributed by atoms with E-state index in [4.69, 9.17) is 16.3 Å². The van der Waals surface area contributed by atoms with Crippen LogP contribution in [0.2, 0.25) is 5.02 Å². The molecule has 160 valence electrons. The molecule has 0 atom stereocenters. The standard InChI is InChI=1S/C23H20ClNO5S/c1-2-25(20-8-4-3-5-9-20)31(28,29)21-10-6-7-18(15-21)23(27)30-16-22(26)17-11-13-19(24)14-12-17/h3-15H,2,16H2,1H3. The number of para-hydroxylation sites is 1. The van der Waals surface area contributed by atoms with Crippen LogP contribution in [-0.4, -0.2) is 33.3 Å². The number of Topliss-reactive ketones (excluding diaryl/α,β-unsaturated/α-hetero) is 1. The number of anilines is 1. The Morgan fingerprint density at radius 2 is 1.58 bits per heavy atom. The van der Waals surface area contributed by atoms with Gasteiger partial charge in [0.1, 0.15) is 0 Å². The molecule has 3 aromatic rings. The van der Waals surface area contributed by atoms with Gasteiger partial charge < -0.3 is 4.74 Å². The van der Waals surface area contributed by atoms with Crippen molar-refractivity contribution in [1.82, 2.24) is 0 Å². The van der Waals surface area contributed by atoms with Gasteiger partial charge >= 0.3 is 5.97 Å². The van der Waals surface area contributed by atoms with Gasteiger partial charge in [-0.3, -0.25) is 9.10 Å². The third-order valence-electron chi connectivity index (χ3n) is 4.49. The molecule has 0 aromatic heterocycles. The Labute approximate surface area is 186 Å². The SMILES string of the molecule is CCN(c1ccccc1)S(=O)(=O)c1cccc(C(=O)OCC(=O)c2ccc(Cl)cc2)c1. The summed E-state index contributed by atoms with van der Waals surface area (Å²) in [7, 11) is -3.89. The van der Waals surface area contributed by atoms with E-state index in [1.165, 1.54) is 40.7 Å². The zero-order chi connectivity index (χ0) is 22.4. The average molecular weight is 458 g/mol. The Morgan fingerprint density at radius 3 is 2.23 bits per heavy atom. The minimum atomic E-state index is -3.89. The third-order valence-corrected chi connectivity index (χ3v) is 6.64. The summed E-state index contributed by atoms with van der Waals surface area (Å²) in [6.07, 6.45) is 0. The summed E-state index contributed by atoms with van der Waals surface area (Å²) in [5.41, 5.74) is 0.913. The van der Waals surface area contributed by atoms with E-state index in [0.29, 0.717) is 16.3 Å². The molecule has 0 radical (unpaired) electrons. The first kappa shape index (κ1) is 22.5. The van der Waals surface area contributed by atoms with Gasteiger partial charge in [0, 0.05) is 17.1 Å². The number of hydrogen-bond acceptors (Lipinski definition) is 5. The fraction of sp³-hybridized carbons (Fsp3) is 0.130. The Balaban J connectivity index is 1.76. The number of hydrogen-bond donors (Lipinski definition) is 0. The van der Waals surface area contributed by atoms with Crippen LogP contribution in [0.5, 0.6) is 0 Å². The highest BCUT2D eigenvalue weighted by atomic mass is 35.5. The molecule has 0 bridgehead atoms. The second kappa shape index (κ2) is 9.76. The van der Waals surface area contributed by atoms with Crippen molar-refractivity contribution < 1.29 is 22.7 Å². The van der Waals surface area contributed by atoms with Crippen molar-refractivity contribution >= 4 is 39.1 Å². The molecule has 0 N–H and O–H groups in total. The summed E-state index contributed by atoms with van der Waals surface area (Å²) >= 11 is 5.80. The number of carbonyl (C=O) groups is 2. The van der Waals surface area contributed by atoms with Crippen molar-refractivity contribution in [1.29, 1.82) is 0 Å². The maximum atomic E-state index is 13.1. The monoisotopic (exact) mass is 457 g/mol. The van der Waals surface area contributed by atoms with Crippen LogP contribution in [0.1, 0.15) is 27.6 Å². The Hall–Kier alpha value is -3.16. The molecule has 0 amide bonds. The molecule has 0 aliphatic carbocycles. The minimum Gasteiger partial charge on any atom is -0.454 e. The molecule has 8 heteroatoms. The predicted molar refractivity (Wildman–Crippen MR) is 119 cm³/mol. The van der Waals surface area contributed by atoms with Gasteiger partial charge in [0.15, 0.2) is 12.4 Å². The Bertz CT molecular complexity index is 1180. The number of ketones is 1. The lowest BCUT2D eigenvalue weighted by Crippen LogP contribution is -2.30. The quantitative estimate of drug-likeness (QED) is 0.365. The summed E-state index contributed by atoms with van der Waals surface area (Å²) in [6, 6.07) is 20.5. The lowest BCUT2D eigenvalue weighted by Gasteiger charge is -2.23. The molecule has 0 aliphatic heterocycles. The van der Waals surface area contributed by atoms with Gasteiger partial charge in [-0.25, -0.2) is 13.2 Å². The largest absolute Gasteiger partial charge is 0.454 e. The van der Waals surface area contributed by atoms with E-state index >= 15 is 0 Å². The van der Waals surface area contributed by atoms with Crippen LogP contribution in [-0.2, 0) is 14.8 Å². The third kappa shape index (κ3) is 5.31. The summed E-state index contributed by atoms with van der Waals surface area (Å²) in [6.45, 7) is 1.48. The first-order valence-electron chi connectivity index (χ1n) is 9.46. The number of nitrogens with zero attached hydrogens (tertiary/aromatic N) is 1. The van der Waals surface area contributed by atoms with E-state index in [2.05, 4.69) is 0 Å². The molecule has 6 nitrogen and oxygen atoms in total. The second-order valence-corrected chi connectivity index (χ2v) is 8.84. The molecule has 31 heavy (non-hydrogen) atoms. The number of ether oxygens (including phenoxy) is 1. The first-order chi connectivity index (χ1) is 14.8. The molecule has 0 saturated heterocycles. The van der Waals surface area contributed by atoms with Crippen molar-refractivity contribution in [3.63, 3.8) is 0 Å². The summed E-state index contributed by atoms with van der Waals surface area (Å²) in [5.74, 6) is -1.18. The van der Waals surface area contributed by atoms with Gasteiger partial charge in [-0.1, -0.05) is 35.9 Å². The number of esters is 1. The molecule has 0 spiro atoms. The van der Waals surface area contributed by atoms with E-state index in [0.717, 1.165) is 0 Å². The zero-order valence-electron chi connectivity index (χ0n) is 16.7. The minimum absolute atomic E-state index is 0.0362. The van der Waals surface area contributed by atoms with Crippen LogP contribution in [0, 0.1) is 0 Å². The van der Waals surface area contributed by atoms with Gasteiger partial charge in [0.25, 0.3) is 10.0 Å². The van der Waals surface area contributed by atoms with Gasteiger partial charge in [0.2, 0.25) is 0 Å². The van der Waals surface area contributed by atoms with Crippen LogP contribution in [0.25, 0.3) is 0 Å². The number of rotatable bonds is 8. The Kier molecular flexibility index (Phi) is 7.09. The van der Waals surface area contributed by atoms with Gasteiger partial charge in [-0.05, 0) is 61.5 Å². The van der Waals surface area contributed by atoms with Crippen LogP contribution >= 0.6 is 11.6 Å². The highest BCUT2D eigenvalue weighted by molar-refractivity contribution is 7.92. The number of halogens is 1. The fourth-order valence-electron chi connectivity index (χ4n) is 2.93. The number of carbonyl (C=O) groups excluding carboxylic acids is 2. The molecular weight excluding hydrogens is 438 g/mol. The van der Waals surface area contributed by atoms with E-state index in [1.807, 2.05) is 0 Å². The number of sulfonamides is 1. The van der Waals surface area contributed by atoms with Crippen LogP contribution in [0.15, 0.2) is 83.8 Å². The average Bonchev–Trinajstić information content (AvgIpc) is 2.79. The van der Waals surface area contributed by atoms with Crippen LogP contribution in [0.4, 0.5) is 5.69 Å². The lowest BCUT2D eigenvalue weighted by atomic mass is 10.1. The summed E-state index contributed by atoms with van der Waals surface area (Å²) < 4.78 is 32.6. The van der Waals surface area contributed by atoms with Gasteiger partial charge in [-0.2, -0.15) is 0 Å². The molecule has 0 fully saturated rings. The highest BCUT2D eigenvalue weighted by Gasteiger charge is 2.24. The van der Waals surface area contributed by atoms with Crippen molar-refractivity contribution in [2.75, 3.05) is 17.5 Å². The lowest BCUT2D eigenvalue weighted by molar-refractivity contribution is 0.0474.